The molecule has 1 aliphatic heterocycles. The fourth-order valence-electron chi connectivity index (χ4n) is 4.37. The number of alkyl halides is 3. The Morgan fingerprint density at radius 2 is 1.58 bits per heavy atom. The van der Waals surface area contributed by atoms with Gasteiger partial charge in [0, 0.05) is 6.04 Å². The van der Waals surface area contributed by atoms with Gasteiger partial charge in [-0.15, -0.1) is 0 Å². The Morgan fingerprint density at radius 3 is 2.03 bits per heavy atom. The molecule has 0 bridgehead atoms. The summed E-state index contributed by atoms with van der Waals surface area (Å²) in [5, 5.41) is 2.70. The van der Waals surface area contributed by atoms with Crippen LogP contribution in [0.4, 0.5) is 18.0 Å². The number of hydrogen-bond acceptors (Lipinski definition) is 3. The van der Waals surface area contributed by atoms with E-state index in [2.05, 4.69) is 5.32 Å². The van der Waals surface area contributed by atoms with Crippen LogP contribution in [-0.4, -0.2) is 53.0 Å². The van der Waals surface area contributed by atoms with Gasteiger partial charge in [0.05, 0.1) is 0 Å². The molecular formula is C24H24F3N3O3. The van der Waals surface area contributed by atoms with E-state index in [1.165, 1.54) is 0 Å². The van der Waals surface area contributed by atoms with Crippen molar-refractivity contribution in [2.24, 2.45) is 5.92 Å². The molecule has 1 saturated heterocycles. The van der Waals surface area contributed by atoms with Crippen LogP contribution in [0.2, 0.25) is 0 Å². The third-order valence-electron chi connectivity index (χ3n) is 6.28. The fourth-order valence-corrected chi connectivity index (χ4v) is 4.37. The maximum Gasteiger partial charge on any atom is 0.406 e. The molecule has 9 heteroatoms. The number of amides is 4. The number of carbonyl (C=O) groups excluding carboxylic acids is 3. The minimum absolute atomic E-state index is 0.00728. The summed E-state index contributed by atoms with van der Waals surface area (Å²) < 4.78 is 39.6. The minimum Gasteiger partial charge on any atom is -0.329 e. The van der Waals surface area contributed by atoms with E-state index in [1.54, 1.807) is 67.6 Å². The van der Waals surface area contributed by atoms with E-state index in [0.717, 1.165) is 17.7 Å². The number of benzene rings is 2. The number of hydrogen-bond donors (Lipinski definition) is 1. The van der Waals surface area contributed by atoms with Crippen molar-refractivity contribution in [1.29, 1.82) is 0 Å². The zero-order valence-electron chi connectivity index (χ0n) is 18.0. The highest BCUT2D eigenvalue weighted by Crippen LogP contribution is 2.38. The van der Waals surface area contributed by atoms with Crippen molar-refractivity contribution in [3.05, 3.63) is 71.8 Å². The molecule has 2 aliphatic rings. The van der Waals surface area contributed by atoms with E-state index in [0.29, 0.717) is 16.0 Å². The highest BCUT2D eigenvalue weighted by atomic mass is 19.4. The van der Waals surface area contributed by atoms with Gasteiger partial charge in [-0.3, -0.25) is 14.5 Å². The quantitative estimate of drug-likeness (QED) is 0.643. The summed E-state index contributed by atoms with van der Waals surface area (Å²) in [6.45, 7) is -0.611. The second-order valence-electron chi connectivity index (χ2n) is 8.52. The van der Waals surface area contributed by atoms with Gasteiger partial charge in [0.2, 0.25) is 5.91 Å². The highest BCUT2D eigenvalue weighted by Gasteiger charge is 2.54. The number of halogens is 3. The maximum absolute atomic E-state index is 13.6. The lowest BCUT2D eigenvalue weighted by Crippen LogP contribution is -2.51. The molecule has 2 aromatic carbocycles. The molecule has 0 aromatic heterocycles. The lowest BCUT2D eigenvalue weighted by Gasteiger charge is -2.31. The lowest BCUT2D eigenvalue weighted by atomic mass is 9.82. The van der Waals surface area contributed by atoms with Gasteiger partial charge in [-0.05, 0) is 36.8 Å². The van der Waals surface area contributed by atoms with E-state index < -0.39 is 48.7 Å². The van der Waals surface area contributed by atoms with E-state index in [9.17, 15) is 27.6 Å². The van der Waals surface area contributed by atoms with E-state index >= 15 is 0 Å². The van der Waals surface area contributed by atoms with Crippen molar-refractivity contribution < 1.29 is 27.6 Å². The molecule has 6 nitrogen and oxygen atoms in total. The summed E-state index contributed by atoms with van der Waals surface area (Å²) in [5.41, 5.74) is -0.595. The molecule has 0 spiro atoms. The van der Waals surface area contributed by atoms with Crippen LogP contribution >= 0.6 is 0 Å². The van der Waals surface area contributed by atoms with Crippen molar-refractivity contribution in [2.75, 3.05) is 13.1 Å². The van der Waals surface area contributed by atoms with Crippen molar-refractivity contribution in [3.63, 3.8) is 0 Å². The Morgan fingerprint density at radius 1 is 1.06 bits per heavy atom. The molecule has 0 unspecified atom stereocenters. The Kier molecular flexibility index (Phi) is 5.90. The van der Waals surface area contributed by atoms with Crippen molar-refractivity contribution >= 4 is 17.8 Å². The molecular weight excluding hydrogens is 435 g/mol. The van der Waals surface area contributed by atoms with Crippen LogP contribution in [0.3, 0.4) is 0 Å². The Hall–Kier alpha value is -3.36. The van der Waals surface area contributed by atoms with Gasteiger partial charge in [-0.2, -0.15) is 13.2 Å². The minimum atomic E-state index is -4.59. The largest absolute Gasteiger partial charge is 0.406 e. The second-order valence-corrected chi connectivity index (χ2v) is 8.52. The monoisotopic (exact) mass is 459 g/mol. The predicted octanol–water partition coefficient (Wildman–Crippen LogP) is 3.67. The first-order valence-corrected chi connectivity index (χ1v) is 10.7. The van der Waals surface area contributed by atoms with Gasteiger partial charge in [-0.25, -0.2) is 4.79 Å². The smallest absolute Gasteiger partial charge is 0.329 e. The second kappa shape index (κ2) is 8.53. The van der Waals surface area contributed by atoms with E-state index in [-0.39, 0.29) is 5.92 Å². The van der Waals surface area contributed by atoms with Crippen LogP contribution in [0.25, 0.3) is 0 Å². The number of nitrogens with zero attached hydrogens (tertiary/aromatic N) is 2. The van der Waals surface area contributed by atoms with Crippen LogP contribution in [0.15, 0.2) is 60.7 Å². The van der Waals surface area contributed by atoms with Crippen molar-refractivity contribution in [3.8, 4) is 0 Å². The predicted molar refractivity (Wildman–Crippen MR) is 114 cm³/mol. The first-order valence-electron chi connectivity index (χ1n) is 10.7. The Balaban J connectivity index is 1.66. The molecule has 1 saturated carbocycles. The first kappa shape index (κ1) is 22.8. The van der Waals surface area contributed by atoms with Crippen LogP contribution in [-0.2, 0) is 15.1 Å². The third kappa shape index (κ3) is 4.44. The molecule has 33 heavy (non-hydrogen) atoms. The van der Waals surface area contributed by atoms with Crippen LogP contribution in [0, 0.1) is 5.92 Å². The van der Waals surface area contributed by atoms with Gasteiger partial charge < -0.3 is 10.2 Å². The summed E-state index contributed by atoms with van der Waals surface area (Å²) in [5.74, 6) is -1.62. The van der Waals surface area contributed by atoms with Crippen LogP contribution in [0.5, 0.6) is 0 Å². The first-order chi connectivity index (χ1) is 15.6. The van der Waals surface area contributed by atoms with Gasteiger partial charge >= 0.3 is 12.2 Å². The normalized spacial score (nSPS) is 18.7. The number of carbonyl (C=O) groups is 3. The lowest BCUT2D eigenvalue weighted by molar-refractivity contribution is -0.166. The number of rotatable bonds is 7. The summed E-state index contributed by atoms with van der Waals surface area (Å²) in [4.78, 5) is 41.0. The van der Waals surface area contributed by atoms with Gasteiger partial charge in [-0.1, -0.05) is 60.7 Å². The summed E-state index contributed by atoms with van der Waals surface area (Å²) in [6.07, 6.45) is -3.10. The maximum atomic E-state index is 13.6. The molecule has 1 atom stereocenters. The standard InChI is InChI=1S/C24H24F3N3O3/c1-16(17-12-13-17)30(15-23(25,26)27)20(31)14-29-21(32)24(28-22(29)33,18-8-4-2-5-9-18)19-10-6-3-7-11-19/h2-11,16-17H,12-15H2,1H3,(H,28,33)/t16-/m1/s1. The van der Waals surface area contributed by atoms with E-state index in [1.807, 2.05) is 0 Å². The molecule has 1 aliphatic carbocycles. The summed E-state index contributed by atoms with van der Waals surface area (Å²) in [6, 6.07) is 15.7. The number of imide groups is 1. The van der Waals surface area contributed by atoms with E-state index in [4.69, 9.17) is 0 Å². The molecule has 4 rings (SSSR count). The molecule has 4 amide bonds. The third-order valence-corrected chi connectivity index (χ3v) is 6.28. The molecule has 2 fully saturated rings. The molecule has 174 valence electrons. The molecule has 1 heterocycles. The zero-order valence-corrected chi connectivity index (χ0v) is 18.0. The molecule has 2 aromatic rings. The average molecular weight is 459 g/mol. The molecule has 0 radical (unpaired) electrons. The van der Waals surface area contributed by atoms with Crippen molar-refractivity contribution in [1.82, 2.24) is 15.1 Å². The topological polar surface area (TPSA) is 69.7 Å². The zero-order chi connectivity index (χ0) is 23.8. The van der Waals surface area contributed by atoms with Gasteiger partial charge in [0.15, 0.2) is 5.54 Å². The van der Waals surface area contributed by atoms with Crippen molar-refractivity contribution in [2.45, 2.75) is 37.5 Å². The molecule has 1 N–H and O–H groups in total. The SMILES string of the molecule is C[C@H](C1CC1)N(CC(F)(F)F)C(=O)CN1C(=O)NC(c2ccccc2)(c2ccccc2)C1=O. The number of urea groups is 1. The summed E-state index contributed by atoms with van der Waals surface area (Å²) >= 11 is 0. The summed E-state index contributed by atoms with van der Waals surface area (Å²) in [7, 11) is 0. The highest BCUT2D eigenvalue weighted by molar-refractivity contribution is 6.11. The number of nitrogens with one attached hydrogen (secondary N) is 1. The van der Waals surface area contributed by atoms with Gasteiger partial charge in [0.1, 0.15) is 13.1 Å². The average Bonchev–Trinajstić information content (AvgIpc) is 3.61. The van der Waals surface area contributed by atoms with Gasteiger partial charge in [0.25, 0.3) is 5.91 Å². The van der Waals surface area contributed by atoms with Crippen LogP contribution < -0.4 is 5.32 Å². The fraction of sp³-hybridized carbons (Fsp3) is 0.375. The Bertz CT molecular complexity index is 1000. The Labute approximate surface area is 189 Å². The van der Waals surface area contributed by atoms with Crippen LogP contribution in [0.1, 0.15) is 30.9 Å².